The monoisotopic (exact) mass is 1660 g/mol. The van der Waals surface area contributed by atoms with Crippen LogP contribution < -0.4 is 18.3 Å². The van der Waals surface area contributed by atoms with E-state index in [9.17, 15) is 0 Å². The fraction of sp³-hybridized carbons (Fsp3) is 0.423. The van der Waals surface area contributed by atoms with E-state index in [4.69, 9.17) is 59.8 Å². The number of hydrogen-bond acceptors (Lipinski definition) is 16. The summed E-state index contributed by atoms with van der Waals surface area (Å²) >= 11 is 0. The van der Waals surface area contributed by atoms with Gasteiger partial charge in [0.05, 0.1) is 50.4 Å². The Balaban J connectivity index is 0.000000142. The van der Waals surface area contributed by atoms with Crippen molar-refractivity contribution in [3.05, 3.63) is 256 Å². The normalized spacial score (nSPS) is 13.3. The molecule has 4 aliphatic rings. The van der Waals surface area contributed by atoms with Crippen molar-refractivity contribution in [3.63, 3.8) is 0 Å². The van der Waals surface area contributed by atoms with Crippen LogP contribution in [-0.2, 0) is 77.5 Å². The Hall–Kier alpha value is -11.8. The third kappa shape index (κ3) is 19.4. The van der Waals surface area contributed by atoms with Crippen molar-refractivity contribution in [3.8, 4) is 45.0 Å². The number of rotatable bonds is 14. The van der Waals surface area contributed by atoms with Crippen LogP contribution in [0.2, 0.25) is 0 Å². The highest BCUT2D eigenvalue weighted by Crippen LogP contribution is 2.42. The molecule has 640 valence electrons. The molecule has 8 aromatic heterocycles. The Kier molecular flexibility index (Phi) is 26.0. The molecule has 0 amide bonds. The van der Waals surface area contributed by atoms with E-state index in [-0.39, 0.29) is 22.7 Å². The molecule has 0 N–H and O–H groups in total. The second kappa shape index (κ2) is 35.8. The topological polar surface area (TPSA) is 222 Å². The van der Waals surface area contributed by atoms with Crippen molar-refractivity contribution >= 4 is 46.6 Å². The van der Waals surface area contributed by atoms with Crippen LogP contribution in [0.15, 0.2) is 73.8 Å². The zero-order valence-corrected chi connectivity index (χ0v) is 79.7. The molecule has 16 rings (SSSR count). The predicted octanol–water partition coefficient (Wildman–Crippen LogP) is 19.0. The number of nitrogens with zero attached hydrogens (tertiary/aromatic N) is 20. The van der Waals surface area contributed by atoms with Gasteiger partial charge in [-0.05, 0) is 222 Å². The van der Waals surface area contributed by atoms with Crippen LogP contribution in [0.1, 0.15) is 290 Å². The molecule has 0 atom stereocenters. The van der Waals surface area contributed by atoms with E-state index >= 15 is 0 Å². The SMILES string of the molecule is Cc1cc(C)c(C)c(-c2c3c(nc[n+]2C)C=C(c2nc(C(C)(C)C)nc(C(C)(C)C)n2)C3)c1.Cc1cc(C)c(C)c(-c2c3c(nc[n+]2C)C=C(c2nc(C(C)C)nc(C(C)C)n2)C3)c1.Cc1cc(C)c(C)c(-c2c3c(nc[n+]2C)C=C(c2nc(C)nc(C)n2)C3)c1.Cc1cc(C)c(C)c(-c2c3c(nc[n+]2C)C=C(c2nc(CC(C)C)nc(CC(C)C)n2)C3)c1. The first-order chi connectivity index (χ1) is 58.3. The number of allylic oxidation sites excluding steroid dienone is 4. The van der Waals surface area contributed by atoms with Crippen LogP contribution in [0.25, 0.3) is 91.6 Å². The molecule has 4 aliphatic carbocycles. The molecule has 20 heteroatoms. The van der Waals surface area contributed by atoms with Gasteiger partial charge in [0.15, 0.2) is 46.1 Å². The molecular weight excluding hydrogens is 1530 g/mol. The zero-order valence-electron chi connectivity index (χ0n) is 79.7. The van der Waals surface area contributed by atoms with Gasteiger partial charge < -0.3 is 0 Å². The molecule has 0 spiro atoms. The smallest absolute Gasteiger partial charge is 0.232 e. The van der Waals surface area contributed by atoms with E-state index in [1.165, 1.54) is 134 Å². The first kappa shape index (κ1) is 89.9. The maximum atomic E-state index is 4.93. The van der Waals surface area contributed by atoms with Crippen LogP contribution in [-0.4, -0.2) is 79.7 Å². The Morgan fingerprint density at radius 2 is 0.556 bits per heavy atom. The van der Waals surface area contributed by atoms with Gasteiger partial charge in [-0.15, -0.1) is 0 Å². The standard InChI is InChI=1S/2C28H36N5.C26H32N5.C22H24N5/c1-16-11-17(2)18(3)20(12-16)23-21-13-19(14-22(21)29-15-33(23)10)24-30-25(27(4,5)6)32-26(31-24)28(7,8)9;1-16(2)9-25-30-26(10-17(3)4)32-28(31-25)21-13-23-24(14-21)29-15-33(8)27(23)22-12-18(5)11-19(6)20(22)7;1-14(2)24-28-25(15(3)4)30-26(29-24)19-11-21-22(12-19)27-13-31(8)23(21)20-10-16(5)9-17(6)18(20)7;1-12-7-13(2)14(3)18(8-12)21-19-9-17(10-20(19)23-11-27(21)6)22-25-15(4)24-16(5)26-22/h11-12,14-15H,13H2,1-10H3;11-12,14-17H,9-10,13H2,1-8H3;9-10,12-15H,11H2,1-8H3;7-8,10-11H,9H2,1-6H3/q4*+1. The van der Waals surface area contributed by atoms with E-state index in [1.54, 1.807) is 0 Å². The van der Waals surface area contributed by atoms with Crippen LogP contribution in [0.3, 0.4) is 0 Å². The molecule has 0 saturated heterocycles. The highest BCUT2D eigenvalue weighted by molar-refractivity contribution is 5.92. The summed E-state index contributed by atoms with van der Waals surface area (Å²) in [6.07, 6.45) is 21.1. The number of aryl methyl sites for hydroxylation is 14. The summed E-state index contributed by atoms with van der Waals surface area (Å²) in [4.78, 5) is 75.9. The summed E-state index contributed by atoms with van der Waals surface area (Å²) in [5, 5.41) is 0. The molecule has 0 unspecified atom stereocenters. The number of aromatic nitrogens is 20. The van der Waals surface area contributed by atoms with Crippen molar-refractivity contribution in [1.29, 1.82) is 0 Å². The van der Waals surface area contributed by atoms with Crippen LogP contribution in [0, 0.1) is 109 Å². The Morgan fingerprint density at radius 3 is 0.815 bits per heavy atom. The fourth-order valence-corrected chi connectivity index (χ4v) is 17.0. The molecule has 12 aromatic rings. The van der Waals surface area contributed by atoms with Gasteiger partial charge in [0.25, 0.3) is 25.3 Å². The van der Waals surface area contributed by atoms with Gasteiger partial charge in [0, 0.05) is 106 Å². The maximum absolute atomic E-state index is 4.93. The third-order valence-electron chi connectivity index (χ3n) is 23.8. The summed E-state index contributed by atoms with van der Waals surface area (Å²) in [6, 6.07) is 18.1. The number of hydrogen-bond donors (Lipinski definition) is 0. The molecule has 8 heterocycles. The van der Waals surface area contributed by atoms with E-state index in [2.05, 4.69) is 319 Å². The Labute approximate surface area is 736 Å². The quantitative estimate of drug-likeness (QED) is 0.0923. The van der Waals surface area contributed by atoms with Gasteiger partial charge in [-0.2, -0.15) is 0 Å². The summed E-state index contributed by atoms with van der Waals surface area (Å²) in [5.41, 5.74) is 38.7. The van der Waals surface area contributed by atoms with Gasteiger partial charge in [0.2, 0.25) is 0 Å². The highest BCUT2D eigenvalue weighted by atomic mass is 15.1. The maximum Gasteiger partial charge on any atom is 0.287 e. The summed E-state index contributed by atoms with van der Waals surface area (Å²) in [6.45, 7) is 60.2. The third-order valence-corrected chi connectivity index (χ3v) is 23.8. The van der Waals surface area contributed by atoms with Crippen LogP contribution in [0.5, 0.6) is 0 Å². The molecule has 0 bridgehead atoms. The molecule has 0 radical (unpaired) electrons. The molecule has 0 aliphatic heterocycles. The van der Waals surface area contributed by atoms with E-state index in [1.807, 2.05) is 39.2 Å². The van der Waals surface area contributed by atoms with Crippen molar-refractivity contribution in [2.24, 2.45) is 40.0 Å². The molecule has 20 nitrogen and oxygen atoms in total. The van der Waals surface area contributed by atoms with Crippen molar-refractivity contribution in [1.82, 2.24) is 79.7 Å². The van der Waals surface area contributed by atoms with Gasteiger partial charge in [-0.25, -0.2) is 78.1 Å². The van der Waals surface area contributed by atoms with E-state index in [0.29, 0.717) is 11.8 Å². The predicted molar refractivity (Wildman–Crippen MR) is 498 cm³/mol. The lowest BCUT2D eigenvalue weighted by atomic mass is 9.92. The lowest BCUT2D eigenvalue weighted by Gasteiger charge is -2.22. The largest absolute Gasteiger partial charge is 0.287 e. The molecule has 0 saturated carbocycles. The minimum Gasteiger partial charge on any atom is -0.232 e. The van der Waals surface area contributed by atoms with E-state index < -0.39 is 0 Å². The minimum atomic E-state index is -0.157. The zero-order chi connectivity index (χ0) is 89.9. The van der Waals surface area contributed by atoms with Gasteiger partial charge in [-0.1, -0.05) is 143 Å². The average molecular weight is 1660 g/mol. The van der Waals surface area contributed by atoms with Crippen LogP contribution in [0.4, 0.5) is 0 Å². The van der Waals surface area contributed by atoms with Crippen molar-refractivity contribution in [2.45, 2.75) is 255 Å². The van der Waals surface area contributed by atoms with Gasteiger partial charge >= 0.3 is 0 Å². The fourth-order valence-electron chi connectivity index (χ4n) is 17.0. The highest BCUT2D eigenvalue weighted by Gasteiger charge is 2.36. The summed E-state index contributed by atoms with van der Waals surface area (Å²) in [5.74, 6) is 11.3. The molecule has 4 aromatic carbocycles. The minimum absolute atomic E-state index is 0.157. The lowest BCUT2D eigenvalue weighted by Crippen LogP contribution is -2.33. The van der Waals surface area contributed by atoms with E-state index in [0.717, 1.165) is 153 Å². The van der Waals surface area contributed by atoms with Gasteiger partial charge in [0.1, 0.15) is 69.4 Å². The Morgan fingerprint density at radius 1 is 0.298 bits per heavy atom. The Bertz CT molecular complexity index is 6270. The molecular formula is C104H128N20+4. The number of benzene rings is 4. The van der Waals surface area contributed by atoms with Gasteiger partial charge in [-0.3, -0.25) is 0 Å². The second-order valence-corrected chi connectivity index (χ2v) is 38.6. The molecule has 0 fully saturated rings. The first-order valence-corrected chi connectivity index (χ1v) is 44.0. The second-order valence-electron chi connectivity index (χ2n) is 38.6. The molecule has 124 heavy (non-hydrogen) atoms. The van der Waals surface area contributed by atoms with Crippen LogP contribution >= 0.6 is 0 Å². The van der Waals surface area contributed by atoms with Crippen molar-refractivity contribution in [2.75, 3.05) is 0 Å². The van der Waals surface area contributed by atoms with Crippen molar-refractivity contribution < 1.29 is 18.3 Å². The number of fused-ring (bicyclic) bond motifs is 4. The average Bonchev–Trinajstić information content (AvgIpc) is 1.65. The first-order valence-electron chi connectivity index (χ1n) is 44.0. The summed E-state index contributed by atoms with van der Waals surface area (Å²) in [7, 11) is 8.31. The summed E-state index contributed by atoms with van der Waals surface area (Å²) < 4.78 is 8.56. The lowest BCUT2D eigenvalue weighted by molar-refractivity contribution is -0.664.